The van der Waals surface area contributed by atoms with Crippen molar-refractivity contribution in [3.05, 3.63) is 56.2 Å². The second kappa shape index (κ2) is 5.78. The Morgan fingerprint density at radius 3 is 2.50 bits per heavy atom. The quantitative estimate of drug-likeness (QED) is 0.865. The van der Waals surface area contributed by atoms with Gasteiger partial charge in [-0.1, -0.05) is 51.3 Å². The lowest BCUT2D eigenvalue weighted by Crippen LogP contribution is -2.23. The molecular formula is C12H9BrCl2N2O. The number of aromatic nitrogens is 1. The van der Waals surface area contributed by atoms with Crippen molar-refractivity contribution in [2.45, 2.75) is 6.54 Å². The Bertz CT molecular complexity index is 546. The van der Waals surface area contributed by atoms with Gasteiger partial charge in [-0.3, -0.25) is 4.79 Å². The van der Waals surface area contributed by atoms with E-state index >= 15 is 0 Å². The van der Waals surface area contributed by atoms with E-state index in [9.17, 15) is 4.79 Å². The van der Waals surface area contributed by atoms with E-state index in [0.717, 1.165) is 10.0 Å². The highest BCUT2D eigenvalue weighted by Crippen LogP contribution is 2.21. The Morgan fingerprint density at radius 1 is 1.28 bits per heavy atom. The Morgan fingerprint density at radius 2 is 1.94 bits per heavy atom. The lowest BCUT2D eigenvalue weighted by molar-refractivity contribution is 0.0946. The van der Waals surface area contributed by atoms with Gasteiger partial charge < -0.3 is 10.3 Å². The van der Waals surface area contributed by atoms with Crippen LogP contribution < -0.4 is 5.32 Å². The first-order valence-corrected chi connectivity index (χ1v) is 6.68. The number of benzene rings is 1. The number of amides is 1. The predicted molar refractivity (Wildman–Crippen MR) is 76.1 cm³/mol. The third kappa shape index (κ3) is 3.28. The average Bonchev–Trinajstić information content (AvgIpc) is 2.69. The van der Waals surface area contributed by atoms with Crippen LogP contribution >= 0.6 is 39.1 Å². The predicted octanol–water partition coefficient (Wildman–Crippen LogP) is 4.01. The molecule has 0 aliphatic carbocycles. The number of aromatic amines is 1. The van der Waals surface area contributed by atoms with E-state index in [0.29, 0.717) is 17.3 Å². The second-order valence-corrected chi connectivity index (χ2v) is 5.35. The molecule has 1 aromatic carbocycles. The van der Waals surface area contributed by atoms with Crippen molar-refractivity contribution in [2.24, 2.45) is 0 Å². The molecular weight excluding hydrogens is 339 g/mol. The standard InChI is InChI=1S/C12H9BrCl2N2O/c13-8-3-1-7(2-4-8)6-16-12(18)10-5-9(14)11(15)17-10/h1-5,17H,6H2,(H,16,18). The highest BCUT2D eigenvalue weighted by Gasteiger charge is 2.10. The first-order chi connectivity index (χ1) is 8.56. The molecule has 0 radical (unpaired) electrons. The zero-order valence-electron chi connectivity index (χ0n) is 9.14. The number of nitrogens with one attached hydrogen (secondary N) is 2. The van der Waals surface area contributed by atoms with Gasteiger partial charge in [-0.15, -0.1) is 0 Å². The molecule has 0 saturated carbocycles. The molecule has 0 atom stereocenters. The number of H-pyrrole nitrogens is 1. The highest BCUT2D eigenvalue weighted by molar-refractivity contribution is 9.10. The van der Waals surface area contributed by atoms with Gasteiger partial charge in [-0.2, -0.15) is 0 Å². The van der Waals surface area contributed by atoms with Crippen molar-refractivity contribution in [3.63, 3.8) is 0 Å². The van der Waals surface area contributed by atoms with E-state index < -0.39 is 0 Å². The summed E-state index contributed by atoms with van der Waals surface area (Å²) in [6, 6.07) is 9.20. The molecule has 0 aliphatic heterocycles. The molecule has 1 heterocycles. The summed E-state index contributed by atoms with van der Waals surface area (Å²) in [6.07, 6.45) is 0. The van der Waals surface area contributed by atoms with E-state index in [-0.39, 0.29) is 11.1 Å². The maximum atomic E-state index is 11.8. The summed E-state index contributed by atoms with van der Waals surface area (Å²) in [4.78, 5) is 14.5. The van der Waals surface area contributed by atoms with Crippen LogP contribution in [0.4, 0.5) is 0 Å². The number of carbonyl (C=O) groups excluding carboxylic acids is 1. The zero-order valence-corrected chi connectivity index (χ0v) is 12.2. The van der Waals surface area contributed by atoms with Crippen LogP contribution in [0.1, 0.15) is 16.1 Å². The lowest BCUT2D eigenvalue weighted by atomic mass is 10.2. The summed E-state index contributed by atoms with van der Waals surface area (Å²) >= 11 is 14.8. The van der Waals surface area contributed by atoms with Gasteiger partial charge in [0.15, 0.2) is 0 Å². The Hall–Kier alpha value is -0.970. The molecule has 0 spiro atoms. The molecule has 0 aliphatic rings. The first-order valence-electron chi connectivity index (χ1n) is 5.13. The molecule has 3 nitrogen and oxygen atoms in total. The molecule has 2 N–H and O–H groups in total. The summed E-state index contributed by atoms with van der Waals surface area (Å²) in [7, 11) is 0. The number of carbonyl (C=O) groups is 1. The molecule has 94 valence electrons. The van der Waals surface area contributed by atoms with Gasteiger partial charge in [0.25, 0.3) is 5.91 Å². The SMILES string of the molecule is O=C(NCc1ccc(Br)cc1)c1cc(Cl)c(Cl)[nH]1. The van der Waals surface area contributed by atoms with Crippen LogP contribution in [0.25, 0.3) is 0 Å². The molecule has 18 heavy (non-hydrogen) atoms. The average molecular weight is 348 g/mol. The van der Waals surface area contributed by atoms with Crippen molar-refractivity contribution >= 4 is 45.0 Å². The van der Waals surface area contributed by atoms with E-state index in [1.165, 1.54) is 6.07 Å². The number of hydrogen-bond acceptors (Lipinski definition) is 1. The molecule has 2 rings (SSSR count). The van der Waals surface area contributed by atoms with Gasteiger partial charge in [-0.25, -0.2) is 0 Å². The second-order valence-electron chi connectivity index (χ2n) is 3.65. The van der Waals surface area contributed by atoms with Crippen molar-refractivity contribution < 1.29 is 4.79 Å². The molecule has 2 aromatic rings. The fourth-order valence-electron chi connectivity index (χ4n) is 1.41. The fourth-order valence-corrected chi connectivity index (χ4v) is 1.98. The summed E-state index contributed by atoms with van der Waals surface area (Å²) < 4.78 is 1.00. The Kier molecular flexibility index (Phi) is 4.32. The summed E-state index contributed by atoms with van der Waals surface area (Å²) in [5, 5.41) is 3.38. The zero-order chi connectivity index (χ0) is 13.1. The molecule has 0 unspecified atom stereocenters. The summed E-state index contributed by atoms with van der Waals surface area (Å²) in [6.45, 7) is 0.445. The fraction of sp³-hybridized carbons (Fsp3) is 0.0833. The molecule has 0 saturated heterocycles. The van der Waals surface area contributed by atoms with Crippen molar-refractivity contribution in [1.29, 1.82) is 0 Å². The normalized spacial score (nSPS) is 10.4. The van der Waals surface area contributed by atoms with Gasteiger partial charge in [0.1, 0.15) is 10.8 Å². The van der Waals surface area contributed by atoms with Crippen LogP contribution in [-0.4, -0.2) is 10.9 Å². The Balaban J connectivity index is 1.98. The lowest BCUT2D eigenvalue weighted by Gasteiger charge is -2.04. The van der Waals surface area contributed by atoms with E-state index in [2.05, 4.69) is 26.2 Å². The summed E-state index contributed by atoms with van der Waals surface area (Å²) in [5.74, 6) is -0.244. The van der Waals surface area contributed by atoms with Crippen LogP contribution in [0, 0.1) is 0 Å². The highest BCUT2D eigenvalue weighted by atomic mass is 79.9. The van der Waals surface area contributed by atoms with E-state index in [4.69, 9.17) is 23.2 Å². The van der Waals surface area contributed by atoms with Crippen LogP contribution in [0.5, 0.6) is 0 Å². The summed E-state index contributed by atoms with van der Waals surface area (Å²) in [5.41, 5.74) is 1.36. The van der Waals surface area contributed by atoms with Crippen LogP contribution in [0.3, 0.4) is 0 Å². The van der Waals surface area contributed by atoms with Gasteiger partial charge >= 0.3 is 0 Å². The third-order valence-corrected chi connectivity index (χ3v) is 3.56. The molecule has 0 fully saturated rings. The van der Waals surface area contributed by atoms with E-state index in [1.54, 1.807) is 0 Å². The van der Waals surface area contributed by atoms with Crippen molar-refractivity contribution in [3.8, 4) is 0 Å². The van der Waals surface area contributed by atoms with Gasteiger partial charge in [0.05, 0.1) is 5.02 Å². The molecule has 6 heteroatoms. The van der Waals surface area contributed by atoms with Gasteiger partial charge in [0, 0.05) is 11.0 Å². The van der Waals surface area contributed by atoms with Crippen LogP contribution in [-0.2, 0) is 6.54 Å². The minimum Gasteiger partial charge on any atom is -0.347 e. The first kappa shape index (κ1) is 13.5. The van der Waals surface area contributed by atoms with Gasteiger partial charge in [-0.05, 0) is 23.8 Å². The van der Waals surface area contributed by atoms with Crippen LogP contribution in [0.2, 0.25) is 10.2 Å². The number of halogens is 3. The smallest absolute Gasteiger partial charge is 0.268 e. The number of hydrogen-bond donors (Lipinski definition) is 2. The largest absolute Gasteiger partial charge is 0.347 e. The minimum absolute atomic E-state index is 0.244. The maximum Gasteiger partial charge on any atom is 0.268 e. The van der Waals surface area contributed by atoms with Gasteiger partial charge in [0.2, 0.25) is 0 Å². The molecule has 1 amide bonds. The van der Waals surface area contributed by atoms with Crippen molar-refractivity contribution in [1.82, 2.24) is 10.3 Å². The maximum absolute atomic E-state index is 11.8. The van der Waals surface area contributed by atoms with Crippen LogP contribution in [0.15, 0.2) is 34.8 Å². The number of rotatable bonds is 3. The minimum atomic E-state index is -0.244. The monoisotopic (exact) mass is 346 g/mol. The molecule has 0 bridgehead atoms. The topological polar surface area (TPSA) is 44.9 Å². The third-order valence-electron chi connectivity index (χ3n) is 2.34. The Labute approximate surface area is 123 Å². The van der Waals surface area contributed by atoms with Crippen molar-refractivity contribution in [2.75, 3.05) is 0 Å². The van der Waals surface area contributed by atoms with E-state index in [1.807, 2.05) is 24.3 Å². The molecule has 1 aromatic heterocycles.